The van der Waals surface area contributed by atoms with Gasteiger partial charge in [-0.05, 0) is 50.3 Å². The molecule has 1 aliphatic carbocycles. The van der Waals surface area contributed by atoms with Crippen LogP contribution in [-0.2, 0) is 0 Å². The highest BCUT2D eigenvalue weighted by Gasteiger charge is 2.21. The summed E-state index contributed by atoms with van der Waals surface area (Å²) >= 11 is 5.72. The molecule has 0 spiro atoms. The van der Waals surface area contributed by atoms with Crippen molar-refractivity contribution in [2.75, 3.05) is 0 Å². The summed E-state index contributed by atoms with van der Waals surface area (Å²) in [5.41, 5.74) is 0.963. The first-order valence-corrected chi connectivity index (χ1v) is 7.66. The Kier molecular flexibility index (Phi) is 5.23. The summed E-state index contributed by atoms with van der Waals surface area (Å²) in [6, 6.07) is 5.71. The number of benzene rings is 1. The zero-order valence-electron chi connectivity index (χ0n) is 11.8. The first-order valence-electron chi connectivity index (χ1n) is 7.29. The van der Waals surface area contributed by atoms with Crippen LogP contribution in [-0.4, -0.2) is 6.04 Å². The number of hydrogen-bond acceptors (Lipinski definition) is 1. The molecule has 19 heavy (non-hydrogen) atoms. The molecule has 0 aromatic heterocycles. The summed E-state index contributed by atoms with van der Waals surface area (Å²) in [4.78, 5) is 0. The van der Waals surface area contributed by atoms with Crippen molar-refractivity contribution in [1.29, 1.82) is 0 Å². The van der Waals surface area contributed by atoms with E-state index in [0.29, 0.717) is 6.04 Å². The molecule has 0 heterocycles. The average Bonchev–Trinajstić information content (AvgIpc) is 2.42. The van der Waals surface area contributed by atoms with Crippen LogP contribution < -0.4 is 5.32 Å². The van der Waals surface area contributed by atoms with E-state index in [1.807, 2.05) is 6.07 Å². The maximum atomic E-state index is 13.5. The molecular weight excluding hydrogens is 261 g/mol. The van der Waals surface area contributed by atoms with Gasteiger partial charge in [-0.1, -0.05) is 36.9 Å². The van der Waals surface area contributed by atoms with Crippen LogP contribution in [0.3, 0.4) is 0 Å². The molecule has 0 aliphatic heterocycles. The van der Waals surface area contributed by atoms with Crippen molar-refractivity contribution in [3.05, 3.63) is 34.6 Å². The normalized spacial score (nSPS) is 20.2. The van der Waals surface area contributed by atoms with E-state index in [4.69, 9.17) is 11.6 Å². The third-order valence-electron chi connectivity index (χ3n) is 4.31. The lowest BCUT2D eigenvalue weighted by Gasteiger charge is -2.30. The molecule has 1 unspecified atom stereocenters. The lowest BCUT2D eigenvalue weighted by atomic mass is 9.84. The zero-order chi connectivity index (χ0) is 13.8. The molecule has 1 nitrogen and oxygen atoms in total. The standard InChI is InChI=1S/C16H23ClFN/c1-11(13-6-4-3-5-7-13)19-12(2)14-8-9-15(17)16(18)10-14/h8-13,19H,3-7H2,1-2H3/t11-,12?/m0/s1. The Morgan fingerprint density at radius 3 is 2.53 bits per heavy atom. The van der Waals surface area contributed by atoms with Gasteiger partial charge in [0.1, 0.15) is 5.82 Å². The Balaban J connectivity index is 1.95. The molecule has 1 aliphatic rings. The van der Waals surface area contributed by atoms with Crippen LogP contribution in [0.15, 0.2) is 18.2 Å². The van der Waals surface area contributed by atoms with Crippen LogP contribution in [0, 0.1) is 11.7 Å². The molecular formula is C16H23ClFN. The number of nitrogens with one attached hydrogen (secondary N) is 1. The van der Waals surface area contributed by atoms with E-state index in [1.165, 1.54) is 38.2 Å². The topological polar surface area (TPSA) is 12.0 Å². The minimum atomic E-state index is -0.335. The molecule has 1 aromatic carbocycles. The van der Waals surface area contributed by atoms with E-state index in [2.05, 4.69) is 19.2 Å². The highest BCUT2D eigenvalue weighted by Crippen LogP contribution is 2.28. The van der Waals surface area contributed by atoms with Crippen molar-refractivity contribution >= 4 is 11.6 Å². The Labute approximate surface area is 120 Å². The zero-order valence-corrected chi connectivity index (χ0v) is 12.5. The van der Waals surface area contributed by atoms with Gasteiger partial charge in [-0.15, -0.1) is 0 Å². The fourth-order valence-corrected chi connectivity index (χ4v) is 3.16. The van der Waals surface area contributed by atoms with Gasteiger partial charge in [0.15, 0.2) is 0 Å². The van der Waals surface area contributed by atoms with Gasteiger partial charge < -0.3 is 5.32 Å². The van der Waals surface area contributed by atoms with Gasteiger partial charge in [0.2, 0.25) is 0 Å². The summed E-state index contributed by atoms with van der Waals surface area (Å²) in [6.07, 6.45) is 6.70. The molecule has 0 saturated heterocycles. The molecule has 1 aromatic rings. The van der Waals surface area contributed by atoms with Crippen molar-refractivity contribution in [2.24, 2.45) is 5.92 Å². The van der Waals surface area contributed by atoms with Gasteiger partial charge in [-0.3, -0.25) is 0 Å². The van der Waals surface area contributed by atoms with Gasteiger partial charge in [0, 0.05) is 12.1 Å². The summed E-state index contributed by atoms with van der Waals surface area (Å²) in [5.74, 6) is 0.423. The van der Waals surface area contributed by atoms with Gasteiger partial charge in [0.05, 0.1) is 5.02 Å². The fourth-order valence-electron chi connectivity index (χ4n) is 3.04. The molecule has 3 heteroatoms. The van der Waals surface area contributed by atoms with E-state index < -0.39 is 0 Å². The van der Waals surface area contributed by atoms with Crippen LogP contribution in [0.4, 0.5) is 4.39 Å². The fraction of sp³-hybridized carbons (Fsp3) is 0.625. The number of halogens is 2. The molecule has 2 rings (SSSR count). The van der Waals surface area contributed by atoms with Crippen LogP contribution in [0.5, 0.6) is 0 Å². The minimum Gasteiger partial charge on any atom is -0.307 e. The SMILES string of the molecule is CC(N[C@@H](C)C1CCCCC1)c1ccc(Cl)c(F)c1. The molecule has 0 amide bonds. The van der Waals surface area contributed by atoms with E-state index in [0.717, 1.165) is 11.5 Å². The highest BCUT2D eigenvalue weighted by molar-refractivity contribution is 6.30. The Morgan fingerprint density at radius 2 is 1.89 bits per heavy atom. The Bertz CT molecular complexity index is 415. The molecule has 1 fully saturated rings. The summed E-state index contributed by atoms with van der Waals surface area (Å²) in [5, 5.41) is 3.79. The second kappa shape index (κ2) is 6.71. The monoisotopic (exact) mass is 283 g/mol. The summed E-state index contributed by atoms with van der Waals surface area (Å²) in [6.45, 7) is 4.33. The van der Waals surface area contributed by atoms with Crippen LogP contribution >= 0.6 is 11.6 Å². The second-order valence-corrected chi connectivity index (χ2v) is 6.16. The third kappa shape index (κ3) is 3.93. The van der Waals surface area contributed by atoms with Crippen molar-refractivity contribution in [1.82, 2.24) is 5.32 Å². The van der Waals surface area contributed by atoms with E-state index >= 15 is 0 Å². The quantitative estimate of drug-likeness (QED) is 0.811. The van der Waals surface area contributed by atoms with Crippen LogP contribution in [0.25, 0.3) is 0 Å². The maximum Gasteiger partial charge on any atom is 0.142 e. The van der Waals surface area contributed by atoms with E-state index in [1.54, 1.807) is 6.07 Å². The van der Waals surface area contributed by atoms with Crippen LogP contribution in [0.2, 0.25) is 5.02 Å². The first kappa shape index (κ1) is 14.8. The molecule has 1 N–H and O–H groups in total. The van der Waals surface area contributed by atoms with E-state index in [-0.39, 0.29) is 16.9 Å². The molecule has 0 radical (unpaired) electrons. The number of rotatable bonds is 4. The summed E-state index contributed by atoms with van der Waals surface area (Å²) in [7, 11) is 0. The summed E-state index contributed by atoms with van der Waals surface area (Å²) < 4.78 is 13.5. The average molecular weight is 284 g/mol. The minimum absolute atomic E-state index is 0.156. The van der Waals surface area contributed by atoms with Crippen molar-refractivity contribution in [3.8, 4) is 0 Å². The number of hydrogen-bond donors (Lipinski definition) is 1. The van der Waals surface area contributed by atoms with Gasteiger partial charge in [0.25, 0.3) is 0 Å². The van der Waals surface area contributed by atoms with Gasteiger partial charge in [-0.2, -0.15) is 0 Å². The first-order chi connectivity index (χ1) is 9.08. The van der Waals surface area contributed by atoms with Crippen molar-refractivity contribution in [3.63, 3.8) is 0 Å². The largest absolute Gasteiger partial charge is 0.307 e. The van der Waals surface area contributed by atoms with Crippen molar-refractivity contribution in [2.45, 2.75) is 58.0 Å². The Hall–Kier alpha value is -0.600. The van der Waals surface area contributed by atoms with Crippen LogP contribution in [0.1, 0.15) is 57.6 Å². The lowest BCUT2D eigenvalue weighted by molar-refractivity contribution is 0.268. The van der Waals surface area contributed by atoms with Crippen molar-refractivity contribution < 1.29 is 4.39 Å². The second-order valence-electron chi connectivity index (χ2n) is 5.75. The maximum absolute atomic E-state index is 13.5. The van der Waals surface area contributed by atoms with E-state index in [9.17, 15) is 4.39 Å². The third-order valence-corrected chi connectivity index (χ3v) is 4.62. The predicted octanol–water partition coefficient (Wildman–Crippen LogP) is 5.10. The van der Waals surface area contributed by atoms with Gasteiger partial charge in [-0.25, -0.2) is 4.39 Å². The smallest absolute Gasteiger partial charge is 0.142 e. The molecule has 2 atom stereocenters. The predicted molar refractivity (Wildman–Crippen MR) is 79.0 cm³/mol. The molecule has 0 bridgehead atoms. The lowest BCUT2D eigenvalue weighted by Crippen LogP contribution is -2.36. The molecule has 106 valence electrons. The Morgan fingerprint density at radius 1 is 1.21 bits per heavy atom. The van der Waals surface area contributed by atoms with Gasteiger partial charge >= 0.3 is 0 Å². The highest BCUT2D eigenvalue weighted by atomic mass is 35.5. The molecule has 1 saturated carbocycles.